The van der Waals surface area contributed by atoms with Crippen molar-refractivity contribution in [1.82, 2.24) is 0 Å². The van der Waals surface area contributed by atoms with Gasteiger partial charge in [-0.3, -0.25) is 0 Å². The second-order valence-corrected chi connectivity index (χ2v) is 10.7. The zero-order chi connectivity index (χ0) is 19.5. The molecule has 0 unspecified atom stereocenters. The van der Waals surface area contributed by atoms with Gasteiger partial charge in [0.25, 0.3) is 0 Å². The first kappa shape index (κ1) is 19.1. The topological polar surface area (TPSA) is 121 Å². The van der Waals surface area contributed by atoms with Gasteiger partial charge in [-0.05, 0) is 51.9 Å². The Morgan fingerprint density at radius 2 is 1.42 bits per heavy atom. The third-order valence-corrected chi connectivity index (χ3v) is 9.26. The summed E-state index contributed by atoms with van der Waals surface area (Å²) in [7, 11) is 0. The molecule has 6 N–H and O–H groups in total. The number of aliphatic hydroxyl groups is 6. The van der Waals surface area contributed by atoms with Gasteiger partial charge < -0.3 is 30.6 Å². The molecule has 10 atom stereocenters. The Morgan fingerprint density at radius 3 is 2.04 bits per heavy atom. The van der Waals surface area contributed by atoms with Gasteiger partial charge in [-0.2, -0.15) is 0 Å². The van der Waals surface area contributed by atoms with Crippen LogP contribution in [0.5, 0.6) is 0 Å². The van der Waals surface area contributed by atoms with Crippen LogP contribution in [0.2, 0.25) is 0 Å². The smallest absolute Gasteiger partial charge is 0.104 e. The summed E-state index contributed by atoms with van der Waals surface area (Å²) >= 11 is 0. The Kier molecular flexibility index (Phi) is 3.69. The highest BCUT2D eigenvalue weighted by molar-refractivity contribution is 5.25. The Bertz CT molecular complexity index is 615. The monoisotopic (exact) mass is 370 g/mol. The third kappa shape index (κ3) is 1.89. The zero-order valence-corrected chi connectivity index (χ0v) is 16.2. The van der Waals surface area contributed by atoms with E-state index in [1.165, 1.54) is 0 Å². The van der Waals surface area contributed by atoms with Crippen LogP contribution in [-0.2, 0) is 0 Å². The Labute approximate surface area is 154 Å². The Balaban J connectivity index is 1.89. The van der Waals surface area contributed by atoms with E-state index < -0.39 is 51.9 Å². The summed E-state index contributed by atoms with van der Waals surface area (Å²) in [5.74, 6) is -1.34. The fourth-order valence-electron chi connectivity index (χ4n) is 7.80. The van der Waals surface area contributed by atoms with Gasteiger partial charge in [0.05, 0.1) is 29.5 Å². The molecule has 6 nitrogen and oxygen atoms in total. The molecule has 0 aliphatic heterocycles. The highest BCUT2D eigenvalue weighted by Crippen LogP contribution is 2.69. The molecule has 0 aromatic rings. The molecule has 0 aromatic carbocycles. The first-order valence-electron chi connectivity index (χ1n) is 9.94. The second kappa shape index (κ2) is 5.02. The molecular formula is C20H34O6. The maximum Gasteiger partial charge on any atom is 0.104 e. The Morgan fingerprint density at radius 1 is 0.808 bits per heavy atom. The van der Waals surface area contributed by atoms with Gasteiger partial charge in [0.2, 0.25) is 0 Å². The van der Waals surface area contributed by atoms with Crippen molar-refractivity contribution < 1.29 is 30.6 Å². The minimum Gasteiger partial charge on any atom is -0.392 e. The predicted molar refractivity (Wildman–Crippen MR) is 94.0 cm³/mol. The van der Waals surface area contributed by atoms with Gasteiger partial charge in [-0.1, -0.05) is 13.8 Å². The largest absolute Gasteiger partial charge is 0.392 e. The standard InChI is InChI=1S/C20H34O6/c1-16(2)13(21)7-12-18(4,25)11-6-5-10-15(23)19(11,9-17(10,3)24)8-14(22)20(12,16)26/h10-15,21-26H,5-9H2,1-4H3/t10-,11-,12+,13-,14-,15+,17-,18-,19+,20+/m1/s1. The van der Waals surface area contributed by atoms with Crippen LogP contribution in [0.25, 0.3) is 0 Å². The van der Waals surface area contributed by atoms with Crippen LogP contribution in [0.4, 0.5) is 0 Å². The molecule has 0 amide bonds. The van der Waals surface area contributed by atoms with E-state index in [4.69, 9.17) is 0 Å². The molecule has 4 aliphatic rings. The number of hydrogen-bond acceptors (Lipinski definition) is 6. The SMILES string of the molecule is CC1(C)[C@H](O)C[C@H]2[C@](C)(O)[C@H]3CC[C@@H]4[C@H](O)[C@@]3(C[C@@H](O)[C@@]21O)C[C@@]4(C)O. The molecule has 2 bridgehead atoms. The van der Waals surface area contributed by atoms with Crippen molar-refractivity contribution >= 4 is 0 Å². The van der Waals surface area contributed by atoms with Gasteiger partial charge in [0.1, 0.15) is 5.60 Å². The van der Waals surface area contributed by atoms with Crippen molar-refractivity contribution in [2.75, 3.05) is 0 Å². The summed E-state index contributed by atoms with van der Waals surface area (Å²) in [6.07, 6.45) is -1.01. The fourth-order valence-corrected chi connectivity index (χ4v) is 7.80. The summed E-state index contributed by atoms with van der Waals surface area (Å²) in [5.41, 5.74) is -5.91. The fraction of sp³-hybridized carbons (Fsp3) is 1.00. The van der Waals surface area contributed by atoms with E-state index in [9.17, 15) is 30.6 Å². The van der Waals surface area contributed by atoms with Crippen LogP contribution >= 0.6 is 0 Å². The van der Waals surface area contributed by atoms with Crippen LogP contribution in [0.3, 0.4) is 0 Å². The highest BCUT2D eigenvalue weighted by Gasteiger charge is 2.76. The lowest BCUT2D eigenvalue weighted by Crippen LogP contribution is -2.60. The second-order valence-electron chi connectivity index (χ2n) is 10.7. The highest BCUT2D eigenvalue weighted by atomic mass is 16.4. The van der Waals surface area contributed by atoms with E-state index in [1.807, 2.05) is 0 Å². The first-order valence-corrected chi connectivity index (χ1v) is 9.94. The minimum atomic E-state index is -1.66. The molecule has 4 rings (SSSR count). The summed E-state index contributed by atoms with van der Waals surface area (Å²) in [5, 5.41) is 67.1. The van der Waals surface area contributed by atoms with Gasteiger partial charge in [-0.15, -0.1) is 0 Å². The van der Waals surface area contributed by atoms with Gasteiger partial charge in [0.15, 0.2) is 0 Å². The Hall–Kier alpha value is -0.240. The summed E-state index contributed by atoms with van der Waals surface area (Å²) < 4.78 is 0. The molecule has 0 saturated heterocycles. The molecule has 0 radical (unpaired) electrons. The number of fused-ring (bicyclic) bond motifs is 2. The molecule has 4 aliphatic carbocycles. The normalized spacial score (nSPS) is 63.9. The zero-order valence-electron chi connectivity index (χ0n) is 16.2. The van der Waals surface area contributed by atoms with Crippen LogP contribution < -0.4 is 0 Å². The molecular weight excluding hydrogens is 336 g/mol. The molecule has 0 aromatic heterocycles. The summed E-state index contributed by atoms with van der Waals surface area (Å²) in [6, 6.07) is 0. The quantitative estimate of drug-likeness (QED) is 0.361. The van der Waals surface area contributed by atoms with Crippen LogP contribution in [0.15, 0.2) is 0 Å². The lowest BCUT2D eigenvalue weighted by molar-refractivity contribution is -0.201. The van der Waals surface area contributed by atoms with E-state index in [0.29, 0.717) is 19.3 Å². The van der Waals surface area contributed by atoms with Crippen molar-refractivity contribution in [2.45, 2.75) is 94.9 Å². The third-order valence-electron chi connectivity index (χ3n) is 9.26. The van der Waals surface area contributed by atoms with Gasteiger partial charge >= 0.3 is 0 Å². The van der Waals surface area contributed by atoms with Crippen molar-refractivity contribution in [3.05, 3.63) is 0 Å². The van der Waals surface area contributed by atoms with Crippen LogP contribution in [0, 0.1) is 28.6 Å². The van der Waals surface area contributed by atoms with Crippen LogP contribution in [-0.4, -0.2) is 65.8 Å². The van der Waals surface area contributed by atoms with Crippen molar-refractivity contribution in [3.8, 4) is 0 Å². The molecule has 0 heterocycles. The van der Waals surface area contributed by atoms with Crippen LogP contribution in [0.1, 0.15) is 59.8 Å². The lowest BCUT2D eigenvalue weighted by atomic mass is 9.57. The predicted octanol–water partition coefficient (Wildman–Crippen LogP) is 0.168. The number of hydrogen-bond donors (Lipinski definition) is 6. The number of aliphatic hydroxyl groups excluding tert-OH is 3. The van der Waals surface area contributed by atoms with E-state index in [1.54, 1.807) is 27.7 Å². The number of rotatable bonds is 0. The lowest BCUT2D eigenvalue weighted by Gasteiger charge is -2.51. The van der Waals surface area contributed by atoms with Crippen molar-refractivity contribution in [1.29, 1.82) is 0 Å². The molecule has 4 fully saturated rings. The molecule has 4 saturated carbocycles. The summed E-state index contributed by atoms with van der Waals surface area (Å²) in [4.78, 5) is 0. The summed E-state index contributed by atoms with van der Waals surface area (Å²) in [6.45, 7) is 6.87. The van der Waals surface area contributed by atoms with Gasteiger partial charge in [-0.25, -0.2) is 0 Å². The average molecular weight is 370 g/mol. The first-order chi connectivity index (χ1) is 11.7. The van der Waals surface area contributed by atoms with E-state index in [2.05, 4.69) is 0 Å². The molecule has 26 heavy (non-hydrogen) atoms. The maximum atomic E-state index is 11.7. The maximum absolute atomic E-state index is 11.7. The molecule has 1 spiro atoms. The van der Waals surface area contributed by atoms with Crippen molar-refractivity contribution in [3.63, 3.8) is 0 Å². The van der Waals surface area contributed by atoms with Gasteiger partial charge in [0, 0.05) is 22.7 Å². The molecule has 6 heteroatoms. The van der Waals surface area contributed by atoms with Crippen molar-refractivity contribution in [2.24, 2.45) is 28.6 Å². The molecule has 150 valence electrons. The average Bonchev–Trinajstić information content (AvgIpc) is 2.72. The van der Waals surface area contributed by atoms with E-state index >= 15 is 0 Å². The van der Waals surface area contributed by atoms with E-state index in [-0.39, 0.29) is 24.7 Å². The van der Waals surface area contributed by atoms with E-state index in [0.717, 1.165) is 0 Å². The minimum absolute atomic E-state index is 0.116.